The predicted octanol–water partition coefficient (Wildman–Crippen LogP) is 3.90. The molecule has 202 valence electrons. The first kappa shape index (κ1) is 29.8. The highest BCUT2D eigenvalue weighted by Crippen LogP contribution is 2.17. The SMILES string of the molecule is CN(C)c1ccc(/C=C/C(=O)Nc2ccccc2C(=O)O)cc1.O=C(O)CC(=O)Nc1ccccc1C(=O)O. The zero-order valence-electron chi connectivity index (χ0n) is 21.1. The Labute approximate surface area is 224 Å². The van der Waals surface area contributed by atoms with Gasteiger partial charge in [-0.3, -0.25) is 14.4 Å². The van der Waals surface area contributed by atoms with Crippen molar-refractivity contribution in [3.05, 3.63) is 95.6 Å². The van der Waals surface area contributed by atoms with E-state index in [1.807, 2.05) is 43.3 Å². The Balaban J connectivity index is 0.000000293. The molecule has 0 aliphatic heterocycles. The number of carbonyl (C=O) groups excluding carboxylic acids is 2. The number of carbonyl (C=O) groups is 5. The molecular weight excluding hydrogens is 506 g/mol. The average molecular weight is 534 g/mol. The molecule has 0 spiro atoms. The van der Waals surface area contributed by atoms with Crippen LogP contribution in [-0.2, 0) is 14.4 Å². The van der Waals surface area contributed by atoms with E-state index < -0.39 is 30.2 Å². The summed E-state index contributed by atoms with van der Waals surface area (Å²) in [4.78, 5) is 57.1. The summed E-state index contributed by atoms with van der Waals surface area (Å²) in [7, 11) is 3.91. The first-order valence-corrected chi connectivity index (χ1v) is 11.4. The number of hydrogen-bond donors (Lipinski definition) is 5. The number of aliphatic carboxylic acids is 1. The minimum Gasteiger partial charge on any atom is -0.481 e. The molecule has 2 amide bonds. The smallest absolute Gasteiger partial charge is 0.337 e. The van der Waals surface area contributed by atoms with Gasteiger partial charge in [0.25, 0.3) is 0 Å². The quantitative estimate of drug-likeness (QED) is 0.202. The molecule has 0 saturated heterocycles. The van der Waals surface area contributed by atoms with Crippen molar-refractivity contribution in [1.82, 2.24) is 0 Å². The summed E-state index contributed by atoms with van der Waals surface area (Å²) in [6, 6.07) is 19.8. The third-order valence-electron chi connectivity index (χ3n) is 5.00. The summed E-state index contributed by atoms with van der Waals surface area (Å²) < 4.78 is 0. The highest BCUT2D eigenvalue weighted by Gasteiger charge is 2.13. The van der Waals surface area contributed by atoms with Gasteiger partial charge in [0.2, 0.25) is 11.8 Å². The molecule has 5 N–H and O–H groups in total. The predicted molar refractivity (Wildman–Crippen MR) is 146 cm³/mol. The second kappa shape index (κ2) is 14.3. The standard InChI is InChI=1S/C18H18N2O3.C10H9NO5/c1-20(2)14-10-7-13(8-11-14)9-12-17(21)19-16-6-4-3-5-15(16)18(22)23;12-8(5-9(13)14)11-7-4-2-1-3-6(7)10(15)16/h3-12H,1-2H3,(H,19,21)(H,22,23);1-4H,5H2,(H,11,12)(H,13,14)(H,15,16)/b12-9+;. The van der Waals surface area contributed by atoms with Gasteiger partial charge in [0, 0.05) is 25.9 Å². The number of nitrogens with zero attached hydrogens (tertiary/aromatic N) is 1. The van der Waals surface area contributed by atoms with Crippen LogP contribution in [0.15, 0.2) is 78.9 Å². The summed E-state index contributed by atoms with van der Waals surface area (Å²) in [5.41, 5.74) is 2.30. The molecule has 3 aromatic rings. The van der Waals surface area contributed by atoms with Crippen LogP contribution in [0.3, 0.4) is 0 Å². The lowest BCUT2D eigenvalue weighted by molar-refractivity contribution is -0.139. The van der Waals surface area contributed by atoms with E-state index in [-0.39, 0.29) is 28.4 Å². The third-order valence-corrected chi connectivity index (χ3v) is 5.00. The minimum absolute atomic E-state index is 0.0598. The van der Waals surface area contributed by atoms with E-state index >= 15 is 0 Å². The Kier molecular flexibility index (Phi) is 10.9. The van der Waals surface area contributed by atoms with Crippen molar-refractivity contribution in [3.63, 3.8) is 0 Å². The second-order valence-corrected chi connectivity index (χ2v) is 8.13. The summed E-state index contributed by atoms with van der Waals surface area (Å²) in [5, 5.41) is 31.0. The second-order valence-electron chi connectivity index (χ2n) is 8.13. The molecule has 0 saturated carbocycles. The van der Waals surface area contributed by atoms with E-state index in [0.29, 0.717) is 0 Å². The average Bonchev–Trinajstić information content (AvgIpc) is 2.88. The normalized spacial score (nSPS) is 10.1. The van der Waals surface area contributed by atoms with E-state index in [2.05, 4.69) is 10.6 Å². The van der Waals surface area contributed by atoms with Gasteiger partial charge in [0.15, 0.2) is 0 Å². The summed E-state index contributed by atoms with van der Waals surface area (Å²) >= 11 is 0. The maximum atomic E-state index is 11.9. The molecule has 0 aliphatic carbocycles. The van der Waals surface area contributed by atoms with Crippen LogP contribution in [0.5, 0.6) is 0 Å². The van der Waals surface area contributed by atoms with Crippen molar-refractivity contribution in [1.29, 1.82) is 0 Å². The van der Waals surface area contributed by atoms with Crippen LogP contribution in [-0.4, -0.2) is 59.1 Å². The summed E-state index contributed by atoms with van der Waals surface area (Å²) in [5.74, 6) is -4.68. The number of nitrogens with one attached hydrogen (secondary N) is 2. The zero-order chi connectivity index (χ0) is 28.9. The molecule has 0 radical (unpaired) electrons. The Morgan fingerprint density at radius 1 is 0.718 bits per heavy atom. The van der Waals surface area contributed by atoms with Gasteiger partial charge in [-0.05, 0) is 48.0 Å². The fourth-order valence-corrected chi connectivity index (χ4v) is 3.12. The van der Waals surface area contributed by atoms with Gasteiger partial charge in [-0.25, -0.2) is 9.59 Å². The topological polar surface area (TPSA) is 173 Å². The van der Waals surface area contributed by atoms with Crippen LogP contribution in [0.2, 0.25) is 0 Å². The number of hydrogen-bond acceptors (Lipinski definition) is 6. The Morgan fingerprint density at radius 3 is 1.67 bits per heavy atom. The van der Waals surface area contributed by atoms with E-state index in [1.165, 1.54) is 30.3 Å². The van der Waals surface area contributed by atoms with Crippen LogP contribution >= 0.6 is 0 Å². The van der Waals surface area contributed by atoms with Gasteiger partial charge in [0.05, 0.1) is 22.5 Å². The maximum Gasteiger partial charge on any atom is 0.337 e. The van der Waals surface area contributed by atoms with Crippen molar-refractivity contribution in [3.8, 4) is 0 Å². The van der Waals surface area contributed by atoms with Crippen molar-refractivity contribution in [2.45, 2.75) is 6.42 Å². The summed E-state index contributed by atoms with van der Waals surface area (Å²) in [6.45, 7) is 0. The molecule has 3 aromatic carbocycles. The van der Waals surface area contributed by atoms with Gasteiger partial charge >= 0.3 is 17.9 Å². The van der Waals surface area contributed by atoms with Crippen molar-refractivity contribution in [2.75, 3.05) is 29.6 Å². The van der Waals surface area contributed by atoms with E-state index in [1.54, 1.807) is 30.3 Å². The number of amides is 2. The van der Waals surface area contributed by atoms with Gasteiger partial charge in [-0.1, -0.05) is 36.4 Å². The highest BCUT2D eigenvalue weighted by molar-refractivity contribution is 6.06. The van der Waals surface area contributed by atoms with Gasteiger partial charge in [0.1, 0.15) is 6.42 Å². The minimum atomic E-state index is -1.27. The fourth-order valence-electron chi connectivity index (χ4n) is 3.12. The highest BCUT2D eigenvalue weighted by atomic mass is 16.4. The molecule has 0 fully saturated rings. The van der Waals surface area contributed by atoms with E-state index in [9.17, 15) is 24.0 Å². The van der Waals surface area contributed by atoms with Crippen molar-refractivity contribution < 1.29 is 39.3 Å². The van der Waals surface area contributed by atoms with E-state index in [4.69, 9.17) is 15.3 Å². The molecule has 0 aliphatic rings. The van der Waals surface area contributed by atoms with Crippen LogP contribution in [0.4, 0.5) is 17.1 Å². The fraction of sp³-hybridized carbons (Fsp3) is 0.107. The van der Waals surface area contributed by atoms with Crippen LogP contribution < -0.4 is 15.5 Å². The van der Waals surface area contributed by atoms with Crippen LogP contribution in [0, 0.1) is 0 Å². The molecule has 0 bridgehead atoms. The number of carboxylic acids is 3. The molecular formula is C28H27N3O8. The zero-order valence-corrected chi connectivity index (χ0v) is 21.1. The van der Waals surface area contributed by atoms with Gasteiger partial charge in [-0.15, -0.1) is 0 Å². The lowest BCUT2D eigenvalue weighted by Crippen LogP contribution is -2.17. The lowest BCUT2D eigenvalue weighted by Gasteiger charge is -2.11. The molecule has 0 aromatic heterocycles. The Morgan fingerprint density at radius 2 is 1.21 bits per heavy atom. The van der Waals surface area contributed by atoms with Gasteiger partial charge in [-0.2, -0.15) is 0 Å². The summed E-state index contributed by atoms with van der Waals surface area (Å²) in [6.07, 6.45) is 2.36. The Bertz CT molecular complexity index is 1380. The monoisotopic (exact) mass is 533 g/mol. The maximum absolute atomic E-state index is 11.9. The first-order chi connectivity index (χ1) is 18.5. The number of anilines is 3. The molecule has 39 heavy (non-hydrogen) atoms. The number of rotatable bonds is 9. The number of aromatic carboxylic acids is 2. The van der Waals surface area contributed by atoms with Crippen LogP contribution in [0.1, 0.15) is 32.7 Å². The van der Waals surface area contributed by atoms with Crippen molar-refractivity contribution >= 4 is 52.9 Å². The number of carboxylic acid groups (broad SMARTS) is 3. The molecule has 3 rings (SSSR count). The molecule has 11 nitrogen and oxygen atoms in total. The molecule has 0 atom stereocenters. The number of para-hydroxylation sites is 2. The lowest BCUT2D eigenvalue weighted by atomic mass is 10.1. The van der Waals surface area contributed by atoms with Crippen molar-refractivity contribution in [2.24, 2.45) is 0 Å². The van der Waals surface area contributed by atoms with E-state index in [0.717, 1.165) is 11.3 Å². The molecule has 0 heterocycles. The third kappa shape index (κ3) is 9.84. The molecule has 11 heteroatoms. The largest absolute Gasteiger partial charge is 0.481 e. The molecule has 0 unspecified atom stereocenters. The van der Waals surface area contributed by atoms with Crippen LogP contribution in [0.25, 0.3) is 6.08 Å². The van der Waals surface area contributed by atoms with Gasteiger partial charge < -0.3 is 30.9 Å². The number of benzene rings is 3. The first-order valence-electron chi connectivity index (χ1n) is 11.4. The Hall–Kier alpha value is -5.45.